The molecule has 5 unspecified atom stereocenters. The summed E-state index contributed by atoms with van der Waals surface area (Å²) in [6.07, 6.45) is 5.39. The third kappa shape index (κ3) is 21.3. The van der Waals surface area contributed by atoms with Gasteiger partial charge in [-0.2, -0.15) is 13.2 Å². The highest BCUT2D eigenvalue weighted by molar-refractivity contribution is 7.99. The van der Waals surface area contributed by atoms with Crippen LogP contribution in [0.4, 0.5) is 24.5 Å². The van der Waals surface area contributed by atoms with E-state index in [2.05, 4.69) is 61.6 Å². The van der Waals surface area contributed by atoms with Crippen LogP contribution in [0.25, 0.3) is 16.0 Å². The number of unbranched alkanes of at least 4 members (excludes halogenated alkanes) is 3. The highest BCUT2D eigenvalue weighted by atomic mass is 35.5. The van der Waals surface area contributed by atoms with Gasteiger partial charge in [-0.3, -0.25) is 33.8 Å². The predicted octanol–water partition coefficient (Wildman–Crippen LogP) is 12.8. The lowest BCUT2D eigenvalue weighted by atomic mass is 9.73. The van der Waals surface area contributed by atoms with Gasteiger partial charge in [0.15, 0.2) is 0 Å². The van der Waals surface area contributed by atoms with Crippen molar-refractivity contribution in [2.24, 2.45) is 10.8 Å². The van der Waals surface area contributed by atoms with Crippen molar-refractivity contribution in [1.82, 2.24) is 39.9 Å². The highest BCUT2D eigenvalue weighted by Crippen LogP contribution is 2.44. The largest absolute Gasteiger partial charge is 0.501 e. The molecule has 0 spiro atoms. The lowest BCUT2D eigenvalue weighted by molar-refractivity contribution is -0.144. The van der Waals surface area contributed by atoms with E-state index in [4.69, 9.17) is 11.6 Å². The fraction of sp³-hybridized carbons (Fsp3) is 0.487. The molecule has 3 fully saturated rings. The summed E-state index contributed by atoms with van der Waals surface area (Å²) in [5.41, 5.74) is 2.56. The van der Waals surface area contributed by atoms with Crippen molar-refractivity contribution in [3.63, 3.8) is 0 Å². The van der Waals surface area contributed by atoms with Gasteiger partial charge >= 0.3 is 5.51 Å². The number of hydrogen-bond donors (Lipinski definition) is 5. The molecular formula is C78H98ClF3N10O10S4. The molecule has 3 saturated heterocycles. The molecule has 5 amide bonds. The van der Waals surface area contributed by atoms with Crippen molar-refractivity contribution in [3.05, 3.63) is 160 Å². The van der Waals surface area contributed by atoms with Crippen LogP contribution in [0, 0.1) is 17.8 Å². The van der Waals surface area contributed by atoms with Crippen LogP contribution in [-0.2, 0) is 39.0 Å². The van der Waals surface area contributed by atoms with E-state index in [9.17, 15) is 59.1 Å². The van der Waals surface area contributed by atoms with E-state index >= 15 is 0 Å². The topological polar surface area (TPSA) is 251 Å². The number of thiazole rings is 1. The van der Waals surface area contributed by atoms with E-state index < -0.39 is 94.3 Å². The lowest BCUT2D eigenvalue weighted by Gasteiger charge is -2.39. The van der Waals surface area contributed by atoms with Crippen molar-refractivity contribution < 1.29 is 59.1 Å². The second-order valence-electron chi connectivity index (χ2n) is 30.1. The maximum atomic E-state index is 14.6. The molecule has 0 radical (unpaired) electrons. The smallest absolute Gasteiger partial charge is 0.391 e. The Labute approximate surface area is 634 Å². The molecule has 3 aliphatic heterocycles. The van der Waals surface area contributed by atoms with Gasteiger partial charge in [0.05, 0.1) is 38.8 Å². The van der Waals surface area contributed by atoms with Gasteiger partial charge in [0, 0.05) is 124 Å². The number of anilines is 2. The second kappa shape index (κ2) is 35.3. The number of carbonyl (C=O) groups excluding carboxylic acids is 5. The number of aliphatic hydroxyl groups excluding tert-OH is 1. The van der Waals surface area contributed by atoms with Crippen LogP contribution in [0.1, 0.15) is 145 Å². The minimum Gasteiger partial charge on any atom is -0.391 e. The first-order valence-corrected chi connectivity index (χ1v) is 41.5. The zero-order valence-electron chi connectivity index (χ0n) is 61.2. The number of piperazine rings is 2. The van der Waals surface area contributed by atoms with Crippen molar-refractivity contribution in [2.45, 2.75) is 170 Å². The Hall–Kier alpha value is -7.37. The zero-order chi connectivity index (χ0) is 76.3. The van der Waals surface area contributed by atoms with E-state index in [1.165, 1.54) is 45.5 Å². The third-order valence-corrected chi connectivity index (χ3v) is 25.7. The van der Waals surface area contributed by atoms with Crippen LogP contribution in [0.15, 0.2) is 147 Å². The number of thioether (sulfide) groups is 1. The lowest BCUT2D eigenvalue weighted by Crippen LogP contribution is -2.57. The number of allylic oxidation sites excluding steroid dienone is 1. The first-order chi connectivity index (χ1) is 50.2. The number of aromatic nitrogens is 1. The molecule has 1 aliphatic carbocycles. The number of β-amino-alcohol motifs (C(OH)–C–C–N with tert-alkyl or cyclic N) is 1. The first-order valence-electron chi connectivity index (χ1n) is 36.3. The van der Waals surface area contributed by atoms with Gasteiger partial charge in [-0.25, -0.2) is 26.5 Å². The second-order valence-corrected chi connectivity index (χ2v) is 36.0. The van der Waals surface area contributed by atoms with Crippen LogP contribution in [-0.4, -0.2) is 184 Å². The summed E-state index contributed by atoms with van der Waals surface area (Å²) in [7, 11) is -11.1. The van der Waals surface area contributed by atoms with Gasteiger partial charge in [0.1, 0.15) is 17.0 Å². The number of benzene rings is 5. The number of sulfone groups is 1. The van der Waals surface area contributed by atoms with Crippen molar-refractivity contribution in [2.75, 3.05) is 88.0 Å². The van der Waals surface area contributed by atoms with Crippen molar-refractivity contribution >= 4 is 101 Å². The summed E-state index contributed by atoms with van der Waals surface area (Å²) < 4.78 is 100. The summed E-state index contributed by atoms with van der Waals surface area (Å²) in [5, 5.41) is 20.4. The van der Waals surface area contributed by atoms with Crippen LogP contribution in [0.2, 0.25) is 5.02 Å². The SMILES string of the molecule is Cc1ncsc1-c1ccc(C(C)NC(=O)C2CC(O)CN2C(=O)C(NC(=O)CCCCCCC(=O)N2CCN(CCC(CSc3ccccc3)Nc3ccc(S(=O)(=O)NC(=O)c4ccc(N5CCN(CC6=C(c7ccc(Cl)cc7)CCC(C)(C)C6)CC5)cc4)cc3S(=O)(=O)C(F)(F)F)CC2)C(C)(C)C)cc1. The predicted molar refractivity (Wildman–Crippen MR) is 412 cm³/mol. The Morgan fingerprint density at radius 2 is 1.43 bits per heavy atom. The Kier molecular flexibility index (Phi) is 27.0. The molecule has 0 bridgehead atoms. The summed E-state index contributed by atoms with van der Waals surface area (Å²) in [6, 6.07) is 30.9. The number of nitrogens with zero attached hydrogens (tertiary/aromatic N) is 6. The van der Waals surface area contributed by atoms with Gasteiger partial charge in [-0.05, 0) is 152 Å². The van der Waals surface area contributed by atoms with Crippen LogP contribution < -0.4 is 25.6 Å². The standard InChI is InChI=1S/C78H98ClF3N10O10S4/c1-52(54-19-21-56(22-20-54)71-53(2)83-51-104-71)84-74(97)67-45-62(93)49-92(67)75(98)72(76(3,4)5)86-69(94)17-13-8-9-14-18-70(95)91-43-37-88(38-44-91)36-34-60(50-103-63-15-11-10-12-16-63)85-66-32-31-64(46-68(66)105(99,100)78(80,81)82)106(101,102)87-73(96)57-25-29-61(30-26-57)90-41-39-89(40-42-90)48-58-47-77(6,7)35-33-65(58)55-23-27-59(79)28-24-55/h10-12,15-16,19-32,46,51-52,60,62,67,72,85,93H,8-9,13-14,17-18,33-45,47-50H2,1-7H3,(H,84,97)(H,86,94)(H,87,96). The molecule has 4 heterocycles. The number of amides is 5. The zero-order valence-corrected chi connectivity index (χ0v) is 65.2. The fourth-order valence-corrected chi connectivity index (χ4v) is 18.2. The number of nitrogens with one attached hydrogen (secondary N) is 4. The van der Waals surface area contributed by atoms with Gasteiger partial charge in [-0.1, -0.05) is 119 Å². The number of sulfonamides is 1. The molecule has 572 valence electrons. The average molecular weight is 1560 g/mol. The monoisotopic (exact) mass is 1550 g/mol. The Morgan fingerprint density at radius 3 is 2.08 bits per heavy atom. The van der Waals surface area contributed by atoms with Crippen LogP contribution in [0.5, 0.6) is 0 Å². The van der Waals surface area contributed by atoms with Gasteiger partial charge in [0.2, 0.25) is 23.6 Å². The number of rotatable bonds is 29. The van der Waals surface area contributed by atoms with Crippen LogP contribution in [0.3, 0.4) is 0 Å². The third-order valence-electron chi connectivity index (χ3n) is 20.4. The Morgan fingerprint density at radius 1 is 0.783 bits per heavy atom. The van der Waals surface area contributed by atoms with Crippen molar-refractivity contribution in [3.8, 4) is 10.4 Å². The fourth-order valence-electron chi connectivity index (χ4n) is 14.2. The molecule has 28 heteroatoms. The summed E-state index contributed by atoms with van der Waals surface area (Å²) >= 11 is 9.18. The summed E-state index contributed by atoms with van der Waals surface area (Å²) in [6.45, 7) is 19.9. The molecule has 6 aromatic rings. The van der Waals surface area contributed by atoms with E-state index in [1.807, 2.05) is 106 Å². The van der Waals surface area contributed by atoms with E-state index in [-0.39, 0.29) is 47.9 Å². The molecule has 1 aromatic heterocycles. The first kappa shape index (κ1) is 81.2. The maximum Gasteiger partial charge on any atom is 0.501 e. The number of aryl methyl sites for hydroxylation is 1. The van der Waals surface area contributed by atoms with Gasteiger partial charge < -0.3 is 35.8 Å². The van der Waals surface area contributed by atoms with Crippen molar-refractivity contribution in [1.29, 1.82) is 0 Å². The molecule has 5 N–H and O–H groups in total. The number of alkyl halides is 3. The minimum absolute atomic E-state index is 0.0245. The molecule has 0 saturated carbocycles. The normalized spacial score (nSPS) is 18.6. The highest BCUT2D eigenvalue weighted by Gasteiger charge is 2.49. The maximum absolute atomic E-state index is 14.6. The molecule has 5 atom stereocenters. The van der Waals surface area contributed by atoms with Gasteiger partial charge in [-0.15, -0.1) is 23.1 Å². The number of aliphatic hydroxyl groups is 1. The summed E-state index contributed by atoms with van der Waals surface area (Å²) in [4.78, 5) is 82.6. The molecule has 5 aromatic carbocycles. The molecule has 10 rings (SSSR count). The molecular weight excluding hydrogens is 1460 g/mol. The Bertz CT molecular complexity index is 4320. The number of hydrogen-bond acceptors (Lipinski definition) is 17. The molecule has 20 nitrogen and oxygen atoms in total. The van der Waals surface area contributed by atoms with E-state index in [1.54, 1.807) is 33.9 Å². The van der Waals surface area contributed by atoms with E-state index in [0.29, 0.717) is 95.4 Å². The number of likely N-dealkylation sites (tertiary alicyclic amines) is 1. The number of halogens is 4. The quantitative estimate of drug-likeness (QED) is 0.0216. The van der Waals surface area contributed by atoms with Gasteiger partial charge in [0.25, 0.3) is 25.8 Å². The molecule has 4 aliphatic rings. The average Bonchev–Trinajstić information content (AvgIpc) is 1.45. The number of carbonyl (C=O) groups is 5. The molecule has 106 heavy (non-hydrogen) atoms. The van der Waals surface area contributed by atoms with Crippen LogP contribution >= 0.6 is 34.7 Å². The van der Waals surface area contributed by atoms with E-state index in [0.717, 1.165) is 83.3 Å². The Balaban J connectivity index is 0.680. The summed E-state index contributed by atoms with van der Waals surface area (Å²) in [5.74, 6) is -2.00. The minimum atomic E-state index is -6.18.